The van der Waals surface area contributed by atoms with Gasteiger partial charge in [0.2, 0.25) is 0 Å². The molecule has 0 atom stereocenters. The molecule has 152 valence electrons. The Bertz CT molecular complexity index is 984. The average Bonchev–Trinajstić information content (AvgIpc) is 3.14. The number of nitrogens with zero attached hydrogens (tertiary/aromatic N) is 5. The molecule has 0 fully saturated rings. The Morgan fingerprint density at radius 3 is 2.17 bits per heavy atom. The number of benzene rings is 2. The minimum atomic E-state index is -0.745. The van der Waals surface area contributed by atoms with Crippen LogP contribution in [0.15, 0.2) is 53.6 Å². The summed E-state index contributed by atoms with van der Waals surface area (Å²) in [5.74, 6) is -0.925. The summed E-state index contributed by atoms with van der Waals surface area (Å²) in [6.07, 6.45) is 0. The number of esters is 1. The zero-order chi connectivity index (χ0) is 20.3. The van der Waals surface area contributed by atoms with Crippen LogP contribution in [0.25, 0.3) is 0 Å². The molecule has 1 aliphatic rings. The van der Waals surface area contributed by atoms with Crippen LogP contribution in [0.3, 0.4) is 0 Å². The van der Waals surface area contributed by atoms with E-state index in [-0.39, 0.29) is 47.6 Å². The van der Waals surface area contributed by atoms with Crippen molar-refractivity contribution in [3.8, 4) is 0 Å². The second kappa shape index (κ2) is 8.84. The van der Waals surface area contributed by atoms with Gasteiger partial charge < -0.3 is 4.74 Å². The molecule has 12 nitrogen and oxygen atoms in total. The van der Waals surface area contributed by atoms with Crippen molar-refractivity contribution in [1.82, 2.24) is 5.43 Å². The fourth-order valence-electron chi connectivity index (χ4n) is 2.41. The molecule has 0 saturated heterocycles. The molecule has 2 aromatic rings. The minimum Gasteiger partial charge on any atom is -0.460 e. The Morgan fingerprint density at radius 1 is 1.07 bits per heavy atom. The van der Waals surface area contributed by atoms with E-state index in [0.29, 0.717) is 0 Å². The van der Waals surface area contributed by atoms with Gasteiger partial charge in [-0.2, -0.15) is 10.2 Å². The van der Waals surface area contributed by atoms with Crippen LogP contribution in [0.4, 0.5) is 22.7 Å². The number of carbonyl (C=O) groups excluding carboxylic acids is 1. The lowest BCUT2D eigenvalue weighted by atomic mass is 10.2. The van der Waals surface area contributed by atoms with E-state index in [0.717, 1.165) is 0 Å². The van der Waals surface area contributed by atoms with E-state index in [1.54, 1.807) is 13.0 Å². The maximum atomic E-state index is 12.1. The van der Waals surface area contributed by atoms with Crippen LogP contribution in [-0.2, 0) is 9.53 Å². The topological polar surface area (TPSA) is 143 Å². The Labute approximate surface area is 170 Å². The summed E-state index contributed by atoms with van der Waals surface area (Å²) in [6.45, 7) is 1.75. The third kappa shape index (κ3) is 4.50. The minimum absolute atomic E-state index is 0. The maximum Gasteiger partial charge on any atom is 0.377 e. The van der Waals surface area contributed by atoms with E-state index < -0.39 is 15.8 Å². The summed E-state index contributed by atoms with van der Waals surface area (Å²) < 4.78 is 4.92. The van der Waals surface area contributed by atoms with Crippen molar-refractivity contribution < 1.29 is 19.4 Å². The number of nitro benzene ring substituents is 2. The molecule has 2 aromatic carbocycles. The number of amidine groups is 1. The van der Waals surface area contributed by atoms with Crippen LogP contribution in [0.5, 0.6) is 0 Å². The molecule has 0 saturated carbocycles. The number of ether oxygens (including phenoxy) is 1. The van der Waals surface area contributed by atoms with Gasteiger partial charge in [0.25, 0.3) is 17.2 Å². The highest BCUT2D eigenvalue weighted by Gasteiger charge is 2.31. The Balaban J connectivity index is 0.00000300. The van der Waals surface area contributed by atoms with Gasteiger partial charge in [-0.25, -0.2) is 4.79 Å². The predicted molar refractivity (Wildman–Crippen MR) is 106 cm³/mol. The van der Waals surface area contributed by atoms with E-state index >= 15 is 0 Å². The van der Waals surface area contributed by atoms with E-state index in [1.807, 2.05) is 0 Å². The number of non-ortho nitro benzene ring substituents is 2. The summed E-state index contributed by atoms with van der Waals surface area (Å²) in [5, 5.41) is 28.7. The van der Waals surface area contributed by atoms with Gasteiger partial charge in [0.15, 0.2) is 0 Å². The zero-order valence-electron chi connectivity index (χ0n) is 14.9. The molecule has 0 amide bonds. The number of halogens is 1. The molecule has 0 aliphatic carbocycles. The number of hydrazine groups is 2. The number of nitrogens with one attached hydrogen (secondary N) is 1. The van der Waals surface area contributed by atoms with Crippen molar-refractivity contribution in [1.29, 1.82) is 0 Å². The van der Waals surface area contributed by atoms with Crippen molar-refractivity contribution >= 4 is 47.0 Å². The number of hydrogen-bond acceptors (Lipinski definition) is 10. The summed E-state index contributed by atoms with van der Waals surface area (Å²) in [7, 11) is 0. The highest BCUT2D eigenvalue weighted by Crippen LogP contribution is 2.29. The number of rotatable bonds is 6. The van der Waals surface area contributed by atoms with E-state index in [9.17, 15) is 25.0 Å². The predicted octanol–water partition coefficient (Wildman–Crippen LogP) is 2.55. The lowest BCUT2D eigenvalue weighted by Crippen LogP contribution is -2.46. The second-order valence-corrected chi connectivity index (χ2v) is 5.44. The quantitative estimate of drug-likeness (QED) is 0.421. The normalized spacial score (nSPS) is 12.5. The van der Waals surface area contributed by atoms with Crippen molar-refractivity contribution in [2.75, 3.05) is 16.8 Å². The SMILES string of the molecule is CCOC(=O)C1=NN(c2cccc([N+](=O)[O-])c2)N(c2cccc([N+](=O)[O-])c2)N1.Cl. The monoisotopic (exact) mass is 422 g/mol. The zero-order valence-corrected chi connectivity index (χ0v) is 15.7. The molecular weight excluding hydrogens is 408 g/mol. The van der Waals surface area contributed by atoms with Crippen LogP contribution in [-0.4, -0.2) is 28.3 Å². The van der Waals surface area contributed by atoms with Gasteiger partial charge in [-0.1, -0.05) is 12.1 Å². The van der Waals surface area contributed by atoms with Crippen molar-refractivity contribution in [2.45, 2.75) is 6.92 Å². The molecule has 1 heterocycles. The van der Waals surface area contributed by atoms with Gasteiger partial charge in [0.1, 0.15) is 0 Å². The molecule has 0 radical (unpaired) electrons. The number of hydrazone groups is 1. The van der Waals surface area contributed by atoms with Crippen LogP contribution < -0.4 is 15.7 Å². The third-order valence-corrected chi connectivity index (χ3v) is 3.62. The Hall–Kier alpha value is -3.93. The van der Waals surface area contributed by atoms with Gasteiger partial charge in [-0.3, -0.25) is 25.7 Å². The summed E-state index contributed by atoms with van der Waals surface area (Å²) in [6, 6.07) is 11.1. The van der Waals surface area contributed by atoms with E-state index in [1.165, 1.54) is 52.7 Å². The van der Waals surface area contributed by atoms with Crippen molar-refractivity contribution in [3.63, 3.8) is 0 Å². The molecule has 0 aromatic heterocycles. The summed E-state index contributed by atoms with van der Waals surface area (Å²) in [4.78, 5) is 33.1. The van der Waals surface area contributed by atoms with Gasteiger partial charge in [-0.05, 0) is 19.1 Å². The first-order valence-corrected chi connectivity index (χ1v) is 8.02. The molecule has 0 spiro atoms. The van der Waals surface area contributed by atoms with Crippen LogP contribution >= 0.6 is 12.4 Å². The van der Waals surface area contributed by atoms with Crippen LogP contribution in [0.1, 0.15) is 6.92 Å². The number of anilines is 2. The van der Waals surface area contributed by atoms with Gasteiger partial charge in [-0.15, -0.1) is 17.5 Å². The lowest BCUT2D eigenvalue weighted by molar-refractivity contribution is -0.385. The first kappa shape index (κ1) is 21.4. The summed E-state index contributed by atoms with van der Waals surface area (Å²) in [5.41, 5.74) is 2.87. The van der Waals surface area contributed by atoms with Crippen molar-refractivity contribution in [3.05, 3.63) is 68.8 Å². The van der Waals surface area contributed by atoms with Gasteiger partial charge >= 0.3 is 5.97 Å². The molecule has 13 heteroatoms. The average molecular weight is 423 g/mol. The fourth-order valence-corrected chi connectivity index (χ4v) is 2.41. The van der Waals surface area contributed by atoms with E-state index in [2.05, 4.69) is 10.5 Å². The number of hydrogen-bond donors (Lipinski definition) is 1. The van der Waals surface area contributed by atoms with Gasteiger partial charge in [0.05, 0.1) is 27.8 Å². The number of nitro groups is 2. The molecule has 29 heavy (non-hydrogen) atoms. The maximum absolute atomic E-state index is 12.1. The third-order valence-electron chi connectivity index (χ3n) is 3.62. The largest absolute Gasteiger partial charge is 0.460 e. The molecular formula is C16H15ClN6O6. The molecule has 3 rings (SSSR count). The Morgan fingerprint density at radius 2 is 1.62 bits per heavy atom. The lowest BCUT2D eigenvalue weighted by Gasteiger charge is -2.27. The standard InChI is InChI=1S/C16H14N6O6.ClH/c1-2-28-16(23)15-17-19(11-5-3-7-13(9-11)21(24)25)20(18-15)12-6-4-8-14(10-12)22(26)27;/h3-10H,2H2,1H3,(H,17,18);1H. The summed E-state index contributed by atoms with van der Waals surface area (Å²) >= 11 is 0. The van der Waals surface area contributed by atoms with Gasteiger partial charge in [0, 0.05) is 24.3 Å². The highest BCUT2D eigenvalue weighted by molar-refractivity contribution is 6.36. The number of carbonyl (C=O) groups is 1. The molecule has 0 unspecified atom stereocenters. The van der Waals surface area contributed by atoms with E-state index in [4.69, 9.17) is 4.74 Å². The molecule has 0 bridgehead atoms. The first-order valence-electron chi connectivity index (χ1n) is 8.02. The molecule has 1 N–H and O–H groups in total. The van der Waals surface area contributed by atoms with Crippen LogP contribution in [0.2, 0.25) is 0 Å². The Kier molecular flexibility index (Phi) is 6.51. The van der Waals surface area contributed by atoms with Crippen molar-refractivity contribution in [2.24, 2.45) is 5.10 Å². The smallest absolute Gasteiger partial charge is 0.377 e. The molecule has 1 aliphatic heterocycles. The fraction of sp³-hybridized carbons (Fsp3) is 0.125. The van der Waals surface area contributed by atoms with Crippen LogP contribution in [0, 0.1) is 20.2 Å². The first-order chi connectivity index (χ1) is 13.4. The highest BCUT2D eigenvalue weighted by atomic mass is 35.5. The second-order valence-electron chi connectivity index (χ2n) is 5.44.